The second kappa shape index (κ2) is 8.94. The Labute approximate surface area is 206 Å². The fourth-order valence-electron chi connectivity index (χ4n) is 9.70. The molecule has 4 aliphatic rings. The number of amides is 2. The molecule has 0 saturated heterocycles. The summed E-state index contributed by atoms with van der Waals surface area (Å²) in [5, 5.41) is 10.6. The molecular formula is C29H48N2O3. The van der Waals surface area contributed by atoms with E-state index in [-0.39, 0.29) is 12.3 Å². The van der Waals surface area contributed by atoms with E-state index in [1.807, 2.05) is 0 Å². The second-order valence-electron chi connectivity index (χ2n) is 13.3. The van der Waals surface area contributed by atoms with Crippen molar-refractivity contribution in [3.05, 3.63) is 11.6 Å². The molecule has 5 N–H and O–H groups in total. The van der Waals surface area contributed by atoms with Crippen molar-refractivity contribution in [3.63, 3.8) is 0 Å². The van der Waals surface area contributed by atoms with Crippen molar-refractivity contribution in [1.82, 2.24) is 0 Å². The standard InChI is InChI=1S/C29H48N2O3/c1-17(2)7-6-8-18(3)22-11-12-23-21-10-9-19-15-20(32)16-29(25(30)33,26(31)34)28(19,5)24(21)13-14-27(22,23)4/h9,17-18,20-24,32H,6-8,10-16H2,1-5H3,(H2,30,33)(H2,31,34)/t18-,20-,21+,22-,23+,24+,27-,28+/m1/s1. The van der Waals surface area contributed by atoms with Crippen molar-refractivity contribution >= 4 is 11.8 Å². The number of carbonyl (C=O) groups is 2. The van der Waals surface area contributed by atoms with Crippen LogP contribution in [0.2, 0.25) is 0 Å². The van der Waals surface area contributed by atoms with Gasteiger partial charge in [-0.1, -0.05) is 65.5 Å². The maximum atomic E-state index is 13.0. The summed E-state index contributed by atoms with van der Waals surface area (Å²) >= 11 is 0. The van der Waals surface area contributed by atoms with Crippen molar-refractivity contribution in [2.75, 3.05) is 0 Å². The zero-order chi connectivity index (χ0) is 25.1. The minimum atomic E-state index is -1.52. The molecule has 4 rings (SSSR count). The SMILES string of the molecule is CC(C)CCC[C@@H](C)[C@H]1CC[C@H]2[C@@H]3CC=C4C[C@@H](O)CC(C(N)=O)(C(N)=O)[C@]4(C)[C@H]3CC[C@]12C. The Morgan fingerprint density at radius 1 is 1.06 bits per heavy atom. The van der Waals surface area contributed by atoms with Gasteiger partial charge in [0.25, 0.3) is 0 Å². The highest BCUT2D eigenvalue weighted by molar-refractivity contribution is 6.05. The van der Waals surface area contributed by atoms with Crippen LogP contribution in [0.5, 0.6) is 0 Å². The van der Waals surface area contributed by atoms with Gasteiger partial charge in [-0.3, -0.25) is 9.59 Å². The first-order chi connectivity index (χ1) is 15.9. The van der Waals surface area contributed by atoms with E-state index in [0.29, 0.717) is 23.7 Å². The Kier molecular flexibility index (Phi) is 6.76. The molecule has 0 aromatic rings. The first kappa shape index (κ1) is 25.7. The van der Waals surface area contributed by atoms with Crippen LogP contribution in [0.1, 0.15) is 98.8 Å². The topological polar surface area (TPSA) is 106 Å². The van der Waals surface area contributed by atoms with Gasteiger partial charge in [-0.15, -0.1) is 0 Å². The predicted molar refractivity (Wildman–Crippen MR) is 135 cm³/mol. The fraction of sp³-hybridized carbons (Fsp3) is 0.862. The van der Waals surface area contributed by atoms with Crippen LogP contribution in [-0.2, 0) is 9.59 Å². The maximum Gasteiger partial charge on any atom is 0.234 e. The van der Waals surface area contributed by atoms with Crippen molar-refractivity contribution in [2.24, 2.45) is 63.2 Å². The highest BCUT2D eigenvalue weighted by atomic mass is 16.3. The van der Waals surface area contributed by atoms with E-state index < -0.39 is 28.7 Å². The van der Waals surface area contributed by atoms with Crippen LogP contribution in [-0.4, -0.2) is 23.0 Å². The van der Waals surface area contributed by atoms with Crippen LogP contribution in [0.3, 0.4) is 0 Å². The first-order valence-electron chi connectivity index (χ1n) is 13.9. The van der Waals surface area contributed by atoms with Gasteiger partial charge in [0.1, 0.15) is 5.41 Å². The molecule has 0 unspecified atom stereocenters. The van der Waals surface area contributed by atoms with E-state index in [1.54, 1.807) is 0 Å². The minimum absolute atomic E-state index is 0.0478. The summed E-state index contributed by atoms with van der Waals surface area (Å²) in [6.45, 7) is 11.7. The normalized spacial score (nSPS) is 41.7. The predicted octanol–water partition coefficient (Wildman–Crippen LogP) is 4.96. The number of aliphatic hydroxyl groups excluding tert-OH is 1. The third-order valence-electron chi connectivity index (χ3n) is 11.4. The van der Waals surface area contributed by atoms with Gasteiger partial charge in [0, 0.05) is 5.41 Å². The Morgan fingerprint density at radius 3 is 2.35 bits per heavy atom. The van der Waals surface area contributed by atoms with E-state index in [1.165, 1.54) is 32.1 Å². The van der Waals surface area contributed by atoms with Gasteiger partial charge in [0.05, 0.1) is 6.10 Å². The van der Waals surface area contributed by atoms with E-state index in [2.05, 4.69) is 40.7 Å². The lowest BCUT2D eigenvalue weighted by Gasteiger charge is -2.62. The molecule has 3 fully saturated rings. The number of primary amides is 2. The van der Waals surface area contributed by atoms with Crippen molar-refractivity contribution in [2.45, 2.75) is 105 Å². The molecule has 0 aliphatic heterocycles. The van der Waals surface area contributed by atoms with E-state index in [9.17, 15) is 14.7 Å². The molecule has 8 atom stereocenters. The minimum Gasteiger partial charge on any atom is -0.393 e. The molecule has 0 radical (unpaired) electrons. The summed E-state index contributed by atoms with van der Waals surface area (Å²) in [7, 11) is 0. The van der Waals surface area contributed by atoms with Crippen LogP contribution >= 0.6 is 0 Å². The van der Waals surface area contributed by atoms with E-state index in [0.717, 1.165) is 42.6 Å². The van der Waals surface area contributed by atoms with E-state index >= 15 is 0 Å². The lowest BCUT2D eigenvalue weighted by molar-refractivity contribution is -0.166. The summed E-state index contributed by atoms with van der Waals surface area (Å²) in [6, 6.07) is 0. The van der Waals surface area contributed by atoms with Gasteiger partial charge in [0.2, 0.25) is 11.8 Å². The van der Waals surface area contributed by atoms with Crippen LogP contribution in [0.15, 0.2) is 11.6 Å². The molecule has 0 bridgehead atoms. The van der Waals surface area contributed by atoms with Crippen LogP contribution in [0.4, 0.5) is 0 Å². The van der Waals surface area contributed by atoms with Crippen LogP contribution in [0.25, 0.3) is 0 Å². The monoisotopic (exact) mass is 472 g/mol. The number of hydrogen-bond donors (Lipinski definition) is 3. The summed E-state index contributed by atoms with van der Waals surface area (Å²) in [4.78, 5) is 25.9. The van der Waals surface area contributed by atoms with Crippen molar-refractivity contribution < 1.29 is 14.7 Å². The number of carbonyl (C=O) groups excluding carboxylic acids is 2. The van der Waals surface area contributed by atoms with Gasteiger partial charge in [-0.25, -0.2) is 0 Å². The Hall–Kier alpha value is -1.36. The van der Waals surface area contributed by atoms with Gasteiger partial charge < -0.3 is 16.6 Å². The summed E-state index contributed by atoms with van der Waals surface area (Å²) in [6.07, 6.45) is 11.6. The number of allylic oxidation sites excluding steroid dienone is 1. The first-order valence-corrected chi connectivity index (χ1v) is 13.9. The van der Waals surface area contributed by atoms with Gasteiger partial charge in [-0.05, 0) is 85.9 Å². The Balaban J connectivity index is 1.65. The molecule has 0 aromatic carbocycles. The number of nitrogens with two attached hydrogens (primary N) is 2. The Morgan fingerprint density at radius 2 is 1.74 bits per heavy atom. The van der Waals surface area contributed by atoms with Crippen LogP contribution < -0.4 is 11.5 Å². The molecule has 0 heterocycles. The highest BCUT2D eigenvalue weighted by Crippen LogP contribution is 2.70. The zero-order valence-electron chi connectivity index (χ0n) is 22.1. The third kappa shape index (κ3) is 3.59. The highest BCUT2D eigenvalue weighted by Gasteiger charge is 2.69. The van der Waals surface area contributed by atoms with E-state index in [4.69, 9.17) is 11.5 Å². The molecule has 192 valence electrons. The molecular weight excluding hydrogens is 424 g/mol. The van der Waals surface area contributed by atoms with Gasteiger partial charge >= 0.3 is 0 Å². The number of aliphatic hydroxyl groups is 1. The smallest absolute Gasteiger partial charge is 0.234 e. The fourth-order valence-corrected chi connectivity index (χ4v) is 9.70. The number of hydrogen-bond acceptors (Lipinski definition) is 3. The molecule has 5 nitrogen and oxygen atoms in total. The molecule has 3 saturated carbocycles. The molecule has 0 spiro atoms. The summed E-state index contributed by atoms with van der Waals surface area (Å²) in [5.41, 5.74) is 11.1. The van der Waals surface area contributed by atoms with Crippen molar-refractivity contribution in [3.8, 4) is 0 Å². The van der Waals surface area contributed by atoms with Crippen molar-refractivity contribution in [1.29, 1.82) is 0 Å². The molecule has 5 heteroatoms. The number of rotatable bonds is 7. The molecule has 2 amide bonds. The third-order valence-corrected chi connectivity index (χ3v) is 11.4. The van der Waals surface area contributed by atoms with Crippen LogP contribution in [0, 0.1) is 51.8 Å². The Bertz CT molecular complexity index is 836. The second-order valence-corrected chi connectivity index (χ2v) is 13.3. The number of fused-ring (bicyclic) bond motifs is 5. The zero-order valence-corrected chi connectivity index (χ0v) is 22.1. The summed E-state index contributed by atoms with van der Waals surface area (Å²) in [5.74, 6) is 2.16. The maximum absolute atomic E-state index is 13.0. The van der Waals surface area contributed by atoms with Gasteiger partial charge in [0.15, 0.2) is 0 Å². The molecule has 4 aliphatic carbocycles. The quantitative estimate of drug-likeness (QED) is 0.360. The lowest BCUT2D eigenvalue weighted by atomic mass is 9.40. The summed E-state index contributed by atoms with van der Waals surface area (Å²) < 4.78 is 0. The average molecular weight is 473 g/mol. The molecule has 34 heavy (non-hydrogen) atoms. The lowest BCUT2D eigenvalue weighted by Crippen LogP contribution is -2.66. The average Bonchev–Trinajstić information content (AvgIpc) is 3.10. The largest absolute Gasteiger partial charge is 0.393 e. The molecule has 0 aromatic heterocycles. The van der Waals surface area contributed by atoms with Gasteiger partial charge in [-0.2, -0.15) is 0 Å².